The van der Waals surface area contributed by atoms with Gasteiger partial charge in [-0.1, -0.05) is 0 Å². The molecule has 0 N–H and O–H groups in total. The highest BCUT2D eigenvalue weighted by Crippen LogP contribution is 2.30. The molecular weight excluding hydrogens is 363 g/mol. The van der Waals surface area contributed by atoms with Crippen molar-refractivity contribution in [1.29, 1.82) is 0 Å². The molecule has 1 amide bonds. The molecule has 0 saturated carbocycles. The largest absolute Gasteiger partial charge is 0.451 e. The molecule has 0 bridgehead atoms. The van der Waals surface area contributed by atoms with Crippen LogP contribution in [0.2, 0.25) is 0 Å². The van der Waals surface area contributed by atoms with Crippen molar-refractivity contribution in [2.75, 3.05) is 24.5 Å². The Bertz CT molecular complexity index is 823. The Morgan fingerprint density at radius 3 is 2.63 bits per heavy atom. The van der Waals surface area contributed by atoms with E-state index in [9.17, 15) is 18.0 Å². The van der Waals surface area contributed by atoms with E-state index in [0.29, 0.717) is 12.5 Å². The second kappa shape index (κ2) is 6.78. The summed E-state index contributed by atoms with van der Waals surface area (Å²) >= 11 is 0. The molecule has 0 aromatic carbocycles. The van der Waals surface area contributed by atoms with Gasteiger partial charge in [0, 0.05) is 38.6 Å². The summed E-state index contributed by atoms with van der Waals surface area (Å²) in [6, 6.07) is 1.73. The fourth-order valence-electron chi connectivity index (χ4n) is 3.63. The maximum Gasteiger partial charge on any atom is 0.451 e. The van der Waals surface area contributed by atoms with Gasteiger partial charge in [-0.15, -0.1) is 10.2 Å². The molecule has 2 aromatic rings. The quantitative estimate of drug-likeness (QED) is 0.781. The molecule has 2 aliphatic heterocycles. The summed E-state index contributed by atoms with van der Waals surface area (Å²) in [5.74, 6) is -0.559. The average molecular weight is 381 g/mol. The van der Waals surface area contributed by atoms with Gasteiger partial charge in [0.2, 0.25) is 17.7 Å². The van der Waals surface area contributed by atoms with Crippen molar-refractivity contribution >= 4 is 11.9 Å². The first-order valence-electron chi connectivity index (χ1n) is 8.73. The number of rotatable bonds is 2. The summed E-state index contributed by atoms with van der Waals surface area (Å²) in [5.41, 5.74) is 0. The Morgan fingerprint density at radius 1 is 1.11 bits per heavy atom. The summed E-state index contributed by atoms with van der Waals surface area (Å²) < 4.78 is 39.9. The SMILES string of the molecule is O=C(C1CCCN(c2ncccn2)C1)N1CCn2c(nnc2C(F)(F)F)C1. The third kappa shape index (κ3) is 3.45. The van der Waals surface area contributed by atoms with Crippen LogP contribution in [0.3, 0.4) is 0 Å². The first-order chi connectivity index (χ1) is 12.9. The second-order valence-electron chi connectivity index (χ2n) is 6.68. The number of amides is 1. The van der Waals surface area contributed by atoms with Gasteiger partial charge in [-0.2, -0.15) is 13.2 Å². The zero-order valence-electron chi connectivity index (χ0n) is 14.4. The van der Waals surface area contributed by atoms with Gasteiger partial charge in [-0.3, -0.25) is 4.79 Å². The van der Waals surface area contributed by atoms with Crippen LogP contribution in [-0.2, 0) is 24.1 Å². The maximum absolute atomic E-state index is 12.9. The minimum Gasteiger partial charge on any atom is -0.340 e. The van der Waals surface area contributed by atoms with E-state index in [1.807, 2.05) is 4.90 Å². The molecule has 4 rings (SSSR count). The highest BCUT2D eigenvalue weighted by molar-refractivity contribution is 5.79. The molecule has 144 valence electrons. The third-order valence-electron chi connectivity index (χ3n) is 4.92. The average Bonchev–Trinajstić information content (AvgIpc) is 3.12. The van der Waals surface area contributed by atoms with Crippen LogP contribution in [0, 0.1) is 5.92 Å². The monoisotopic (exact) mass is 381 g/mol. The van der Waals surface area contributed by atoms with Crippen molar-refractivity contribution in [2.45, 2.75) is 32.1 Å². The van der Waals surface area contributed by atoms with E-state index in [0.717, 1.165) is 24.0 Å². The third-order valence-corrected chi connectivity index (χ3v) is 4.92. The smallest absolute Gasteiger partial charge is 0.340 e. The van der Waals surface area contributed by atoms with Gasteiger partial charge in [-0.25, -0.2) is 9.97 Å². The van der Waals surface area contributed by atoms with Crippen molar-refractivity contribution in [3.63, 3.8) is 0 Å². The van der Waals surface area contributed by atoms with E-state index >= 15 is 0 Å². The number of halogens is 3. The summed E-state index contributed by atoms with van der Waals surface area (Å²) in [6.45, 7) is 1.57. The van der Waals surface area contributed by atoms with Crippen molar-refractivity contribution in [3.8, 4) is 0 Å². The zero-order valence-corrected chi connectivity index (χ0v) is 14.4. The first kappa shape index (κ1) is 17.7. The van der Waals surface area contributed by atoms with Crippen molar-refractivity contribution in [2.24, 2.45) is 5.92 Å². The van der Waals surface area contributed by atoms with Crippen LogP contribution in [0.25, 0.3) is 0 Å². The minimum atomic E-state index is -4.54. The number of hydrogen-bond acceptors (Lipinski definition) is 6. The van der Waals surface area contributed by atoms with Crippen LogP contribution in [0.15, 0.2) is 18.5 Å². The molecule has 2 aliphatic rings. The van der Waals surface area contributed by atoms with E-state index in [-0.39, 0.29) is 37.3 Å². The molecule has 1 atom stereocenters. The molecule has 1 unspecified atom stereocenters. The van der Waals surface area contributed by atoms with Crippen LogP contribution in [0.1, 0.15) is 24.5 Å². The summed E-state index contributed by atoms with van der Waals surface area (Å²) in [7, 11) is 0. The zero-order chi connectivity index (χ0) is 19.0. The number of carbonyl (C=O) groups excluding carboxylic acids is 1. The van der Waals surface area contributed by atoms with Crippen LogP contribution in [0.5, 0.6) is 0 Å². The van der Waals surface area contributed by atoms with E-state index in [1.54, 1.807) is 23.4 Å². The molecule has 0 aliphatic carbocycles. The lowest BCUT2D eigenvalue weighted by molar-refractivity contribution is -0.148. The first-order valence-corrected chi connectivity index (χ1v) is 8.73. The van der Waals surface area contributed by atoms with Gasteiger partial charge < -0.3 is 14.4 Å². The van der Waals surface area contributed by atoms with Crippen molar-refractivity contribution in [1.82, 2.24) is 29.6 Å². The van der Waals surface area contributed by atoms with Crippen LogP contribution in [0.4, 0.5) is 19.1 Å². The Labute approximate surface area is 153 Å². The van der Waals surface area contributed by atoms with Crippen LogP contribution in [-0.4, -0.2) is 55.2 Å². The number of alkyl halides is 3. The normalized spacial score (nSPS) is 20.5. The standard InChI is InChI=1S/C16H18F3N7O/c17-16(18,19)14-23-22-12-10-24(7-8-26(12)14)13(27)11-3-1-6-25(9-11)15-20-4-2-5-21-15/h2,4-5,11H,1,3,6-10H2. The van der Waals surface area contributed by atoms with E-state index in [1.165, 1.54) is 0 Å². The molecule has 0 radical (unpaired) electrons. The van der Waals surface area contributed by atoms with E-state index in [2.05, 4.69) is 20.2 Å². The fraction of sp³-hybridized carbons (Fsp3) is 0.562. The molecule has 1 fully saturated rings. The Balaban J connectivity index is 1.45. The summed E-state index contributed by atoms with van der Waals surface area (Å²) in [6.07, 6.45) is 0.333. The number of carbonyl (C=O) groups is 1. The Morgan fingerprint density at radius 2 is 1.89 bits per heavy atom. The second-order valence-corrected chi connectivity index (χ2v) is 6.68. The topological polar surface area (TPSA) is 80.0 Å². The molecular formula is C16H18F3N7O. The lowest BCUT2D eigenvalue weighted by Gasteiger charge is -2.36. The highest BCUT2D eigenvalue weighted by atomic mass is 19.4. The molecule has 0 spiro atoms. The van der Waals surface area contributed by atoms with Crippen LogP contribution >= 0.6 is 0 Å². The summed E-state index contributed by atoms with van der Waals surface area (Å²) in [4.78, 5) is 24.9. The molecule has 1 saturated heterocycles. The number of piperidine rings is 1. The van der Waals surface area contributed by atoms with Crippen molar-refractivity contribution in [3.05, 3.63) is 30.1 Å². The molecule has 8 nitrogen and oxygen atoms in total. The van der Waals surface area contributed by atoms with Gasteiger partial charge in [0.15, 0.2) is 5.82 Å². The molecule has 27 heavy (non-hydrogen) atoms. The number of fused-ring (bicyclic) bond motifs is 1. The molecule has 2 aromatic heterocycles. The summed E-state index contributed by atoms with van der Waals surface area (Å²) in [5, 5.41) is 6.88. The lowest BCUT2D eigenvalue weighted by atomic mass is 9.96. The Hall–Kier alpha value is -2.72. The van der Waals surface area contributed by atoms with Gasteiger partial charge in [0.25, 0.3) is 0 Å². The number of anilines is 1. The number of hydrogen-bond donors (Lipinski definition) is 0. The lowest BCUT2D eigenvalue weighted by Crippen LogP contribution is -2.47. The number of aromatic nitrogens is 5. The fourth-order valence-corrected chi connectivity index (χ4v) is 3.63. The maximum atomic E-state index is 12.9. The Kier molecular flexibility index (Phi) is 4.44. The van der Waals surface area contributed by atoms with E-state index < -0.39 is 12.0 Å². The minimum absolute atomic E-state index is 0.0419. The van der Waals surface area contributed by atoms with E-state index in [4.69, 9.17) is 0 Å². The van der Waals surface area contributed by atoms with Crippen molar-refractivity contribution < 1.29 is 18.0 Å². The van der Waals surface area contributed by atoms with Gasteiger partial charge in [-0.05, 0) is 18.9 Å². The molecule has 11 heteroatoms. The van der Waals surface area contributed by atoms with Gasteiger partial charge >= 0.3 is 6.18 Å². The predicted molar refractivity (Wildman–Crippen MR) is 87.4 cm³/mol. The highest BCUT2D eigenvalue weighted by Gasteiger charge is 2.40. The van der Waals surface area contributed by atoms with Gasteiger partial charge in [0.05, 0.1) is 12.5 Å². The van der Waals surface area contributed by atoms with Crippen LogP contribution < -0.4 is 4.90 Å². The predicted octanol–water partition coefficient (Wildman–Crippen LogP) is 1.35. The van der Waals surface area contributed by atoms with Gasteiger partial charge in [0.1, 0.15) is 0 Å². The number of nitrogens with zero attached hydrogens (tertiary/aromatic N) is 7. The molecule has 4 heterocycles.